The van der Waals surface area contributed by atoms with Crippen LogP contribution in [0.4, 0.5) is 0 Å². The predicted molar refractivity (Wildman–Crippen MR) is 54.0 cm³/mol. The zero-order valence-corrected chi connectivity index (χ0v) is 9.26. The molecule has 66 valence electrons. The minimum absolute atomic E-state index is 0.0930. The highest BCUT2D eigenvalue weighted by Crippen LogP contribution is 2.05. The lowest BCUT2D eigenvalue weighted by Gasteiger charge is -2.10. The maximum Gasteiger partial charge on any atom is 0.302 e. The number of esters is 1. The van der Waals surface area contributed by atoms with Gasteiger partial charge in [0.15, 0.2) is 0 Å². The summed E-state index contributed by atoms with van der Waals surface area (Å²) in [6.07, 6.45) is 3.45. The first-order chi connectivity index (χ1) is 5.16. The van der Waals surface area contributed by atoms with Crippen LogP contribution in [0, 0.1) is 0 Å². The first-order valence-electron chi connectivity index (χ1n) is 3.90. The number of carbonyl (C=O) groups excluding carboxylic acids is 1. The summed E-state index contributed by atoms with van der Waals surface area (Å²) in [5.41, 5.74) is 0. The largest absolute Gasteiger partial charge is 0.463 e. The molecular formula is C8H15IO2. The van der Waals surface area contributed by atoms with Gasteiger partial charge in [-0.1, -0.05) is 22.6 Å². The molecule has 0 fully saturated rings. The summed E-state index contributed by atoms with van der Waals surface area (Å²) in [5.74, 6) is -0.174. The SMILES string of the molecule is CC(=O)O[C@H](C)CCCCI. The van der Waals surface area contributed by atoms with E-state index in [2.05, 4.69) is 22.6 Å². The van der Waals surface area contributed by atoms with Crippen LogP contribution in [0.25, 0.3) is 0 Å². The van der Waals surface area contributed by atoms with Gasteiger partial charge in [0.25, 0.3) is 0 Å². The van der Waals surface area contributed by atoms with Crippen molar-refractivity contribution >= 4 is 28.6 Å². The third-order valence-corrected chi connectivity index (χ3v) is 2.12. The van der Waals surface area contributed by atoms with E-state index in [0.717, 1.165) is 12.8 Å². The van der Waals surface area contributed by atoms with Crippen molar-refractivity contribution in [3.63, 3.8) is 0 Å². The number of rotatable bonds is 5. The van der Waals surface area contributed by atoms with E-state index in [-0.39, 0.29) is 12.1 Å². The molecule has 0 saturated carbocycles. The molecule has 0 heterocycles. The highest BCUT2D eigenvalue weighted by Gasteiger charge is 2.03. The summed E-state index contributed by atoms with van der Waals surface area (Å²) in [6, 6.07) is 0. The molecular weight excluding hydrogens is 255 g/mol. The lowest BCUT2D eigenvalue weighted by Crippen LogP contribution is -2.11. The van der Waals surface area contributed by atoms with Crippen LogP contribution in [0.5, 0.6) is 0 Å². The summed E-state index contributed by atoms with van der Waals surface area (Å²) in [7, 11) is 0. The molecule has 0 aromatic heterocycles. The second-order valence-electron chi connectivity index (χ2n) is 2.60. The van der Waals surface area contributed by atoms with Gasteiger partial charge in [-0.15, -0.1) is 0 Å². The average Bonchev–Trinajstić information content (AvgIpc) is 1.86. The number of hydrogen-bond donors (Lipinski definition) is 0. The van der Waals surface area contributed by atoms with Gasteiger partial charge in [0.05, 0.1) is 6.10 Å². The van der Waals surface area contributed by atoms with Gasteiger partial charge in [0, 0.05) is 6.92 Å². The van der Waals surface area contributed by atoms with E-state index in [0.29, 0.717) is 0 Å². The quantitative estimate of drug-likeness (QED) is 0.332. The maximum atomic E-state index is 10.5. The second-order valence-corrected chi connectivity index (χ2v) is 3.68. The van der Waals surface area contributed by atoms with E-state index in [9.17, 15) is 4.79 Å². The van der Waals surface area contributed by atoms with Gasteiger partial charge in [-0.3, -0.25) is 4.79 Å². The van der Waals surface area contributed by atoms with E-state index < -0.39 is 0 Å². The first kappa shape index (κ1) is 11.2. The van der Waals surface area contributed by atoms with Crippen LogP contribution in [0.1, 0.15) is 33.1 Å². The number of halogens is 1. The van der Waals surface area contributed by atoms with E-state index >= 15 is 0 Å². The van der Waals surface area contributed by atoms with Crippen molar-refractivity contribution in [2.45, 2.75) is 39.2 Å². The Morgan fingerprint density at radius 3 is 2.64 bits per heavy atom. The molecule has 0 amide bonds. The molecule has 2 nitrogen and oxygen atoms in total. The molecule has 0 unspecified atom stereocenters. The molecule has 0 aliphatic rings. The Morgan fingerprint density at radius 2 is 2.18 bits per heavy atom. The van der Waals surface area contributed by atoms with Crippen molar-refractivity contribution in [1.29, 1.82) is 0 Å². The monoisotopic (exact) mass is 270 g/mol. The zero-order valence-electron chi connectivity index (χ0n) is 7.10. The van der Waals surface area contributed by atoms with Crippen molar-refractivity contribution in [3.05, 3.63) is 0 Å². The maximum absolute atomic E-state index is 10.5. The first-order valence-corrected chi connectivity index (χ1v) is 5.42. The number of ether oxygens (including phenoxy) is 1. The van der Waals surface area contributed by atoms with E-state index in [1.54, 1.807) is 0 Å². The van der Waals surface area contributed by atoms with Crippen molar-refractivity contribution < 1.29 is 9.53 Å². The Bertz CT molecular complexity index is 115. The average molecular weight is 270 g/mol. The molecule has 0 rings (SSSR count). The highest BCUT2D eigenvalue weighted by atomic mass is 127. The third kappa shape index (κ3) is 8.10. The number of carbonyl (C=O) groups is 1. The molecule has 0 radical (unpaired) electrons. The van der Waals surface area contributed by atoms with Gasteiger partial charge in [-0.2, -0.15) is 0 Å². The molecule has 0 bridgehead atoms. The summed E-state index contributed by atoms with van der Waals surface area (Å²) in [6.45, 7) is 3.39. The minimum atomic E-state index is -0.174. The molecule has 0 aliphatic heterocycles. The van der Waals surface area contributed by atoms with Gasteiger partial charge in [0.2, 0.25) is 0 Å². The molecule has 1 atom stereocenters. The number of unbranched alkanes of at least 4 members (excludes halogenated alkanes) is 1. The lowest BCUT2D eigenvalue weighted by molar-refractivity contribution is -0.145. The van der Waals surface area contributed by atoms with Crippen LogP contribution in [0.3, 0.4) is 0 Å². The molecule has 0 spiro atoms. The normalized spacial score (nSPS) is 12.6. The van der Waals surface area contributed by atoms with Crippen molar-refractivity contribution in [2.75, 3.05) is 4.43 Å². The number of hydrogen-bond acceptors (Lipinski definition) is 2. The van der Waals surface area contributed by atoms with Crippen LogP contribution in [0.15, 0.2) is 0 Å². The molecule has 0 aliphatic carbocycles. The minimum Gasteiger partial charge on any atom is -0.463 e. The second kappa shape index (κ2) is 6.88. The smallest absolute Gasteiger partial charge is 0.302 e. The molecule has 0 aromatic rings. The Hall–Kier alpha value is 0.200. The molecule has 3 heteroatoms. The van der Waals surface area contributed by atoms with Crippen molar-refractivity contribution in [1.82, 2.24) is 0 Å². The van der Waals surface area contributed by atoms with Crippen molar-refractivity contribution in [2.24, 2.45) is 0 Å². The standard InChI is InChI=1S/C8H15IO2/c1-7(11-8(2)10)5-3-4-6-9/h7H,3-6H2,1-2H3/t7-/m1/s1. The Kier molecular flexibility index (Phi) is 7.01. The van der Waals surface area contributed by atoms with Crippen molar-refractivity contribution in [3.8, 4) is 0 Å². The van der Waals surface area contributed by atoms with Gasteiger partial charge >= 0.3 is 5.97 Å². The van der Waals surface area contributed by atoms with E-state index in [1.165, 1.54) is 17.8 Å². The van der Waals surface area contributed by atoms with Gasteiger partial charge in [-0.05, 0) is 30.6 Å². The van der Waals surface area contributed by atoms with Crippen LogP contribution >= 0.6 is 22.6 Å². The van der Waals surface area contributed by atoms with Crippen LogP contribution in [-0.2, 0) is 9.53 Å². The van der Waals surface area contributed by atoms with Crippen LogP contribution < -0.4 is 0 Å². The van der Waals surface area contributed by atoms with Gasteiger partial charge in [0.1, 0.15) is 0 Å². The van der Waals surface area contributed by atoms with E-state index in [4.69, 9.17) is 4.74 Å². The Labute approximate surface area is 81.8 Å². The predicted octanol–water partition coefficient (Wildman–Crippen LogP) is 2.54. The molecule has 0 N–H and O–H groups in total. The lowest BCUT2D eigenvalue weighted by atomic mass is 10.2. The molecule has 11 heavy (non-hydrogen) atoms. The topological polar surface area (TPSA) is 26.3 Å². The molecule has 0 saturated heterocycles. The van der Waals surface area contributed by atoms with Crippen LogP contribution in [-0.4, -0.2) is 16.5 Å². The Morgan fingerprint density at radius 1 is 1.55 bits per heavy atom. The summed E-state index contributed by atoms with van der Waals surface area (Å²) >= 11 is 2.35. The summed E-state index contributed by atoms with van der Waals surface area (Å²) in [4.78, 5) is 10.5. The van der Waals surface area contributed by atoms with Gasteiger partial charge in [-0.25, -0.2) is 0 Å². The fraction of sp³-hybridized carbons (Fsp3) is 0.875. The molecule has 0 aromatic carbocycles. The Balaban J connectivity index is 3.22. The fourth-order valence-electron chi connectivity index (χ4n) is 0.869. The fourth-order valence-corrected chi connectivity index (χ4v) is 1.41. The zero-order chi connectivity index (χ0) is 8.69. The summed E-state index contributed by atoms with van der Waals surface area (Å²) < 4.78 is 6.14. The summed E-state index contributed by atoms with van der Waals surface area (Å²) in [5, 5.41) is 0. The number of alkyl halides is 1. The third-order valence-electron chi connectivity index (χ3n) is 1.36. The van der Waals surface area contributed by atoms with Gasteiger partial charge < -0.3 is 4.74 Å². The van der Waals surface area contributed by atoms with E-state index in [1.807, 2.05) is 6.92 Å². The highest BCUT2D eigenvalue weighted by molar-refractivity contribution is 14.1. The van der Waals surface area contributed by atoms with Crippen LogP contribution in [0.2, 0.25) is 0 Å².